The molecule has 0 unspecified atom stereocenters. The summed E-state index contributed by atoms with van der Waals surface area (Å²) in [6.07, 6.45) is -5.37. The summed E-state index contributed by atoms with van der Waals surface area (Å²) in [4.78, 5) is 0. The first-order valence-corrected chi connectivity index (χ1v) is 5.69. The zero-order valence-electron chi connectivity index (χ0n) is 10.4. The van der Waals surface area contributed by atoms with Gasteiger partial charge in [-0.2, -0.15) is 39.5 Å². The summed E-state index contributed by atoms with van der Waals surface area (Å²) >= 11 is 0. The first kappa shape index (κ1) is 19.1. The predicted molar refractivity (Wildman–Crippen MR) is 54.2 cm³/mol. The van der Waals surface area contributed by atoms with Crippen LogP contribution in [0.25, 0.3) is 0 Å². The summed E-state index contributed by atoms with van der Waals surface area (Å²) in [5, 5.41) is 0. The van der Waals surface area contributed by atoms with E-state index in [1.807, 2.05) is 0 Å². The van der Waals surface area contributed by atoms with Gasteiger partial charge in [0.25, 0.3) is 0 Å². The molecule has 0 aliphatic rings. The van der Waals surface area contributed by atoms with Gasteiger partial charge in [-0.05, 0) is 18.9 Å². The number of halogens is 9. The zero-order valence-corrected chi connectivity index (χ0v) is 10.4. The van der Waals surface area contributed by atoms with Crippen LogP contribution in [0.5, 0.6) is 0 Å². The second-order valence-electron chi connectivity index (χ2n) is 4.17. The normalized spacial score (nSPS) is 15.1. The van der Waals surface area contributed by atoms with Gasteiger partial charge < -0.3 is 0 Å². The molecule has 0 atom stereocenters. The van der Waals surface area contributed by atoms with Crippen LogP contribution in [0.15, 0.2) is 12.2 Å². The van der Waals surface area contributed by atoms with Crippen molar-refractivity contribution in [2.45, 2.75) is 56.6 Å². The van der Waals surface area contributed by atoms with Crippen molar-refractivity contribution in [3.63, 3.8) is 0 Å². The molecule has 0 radical (unpaired) electrons. The molecule has 0 aromatic carbocycles. The average molecular weight is 316 g/mol. The van der Waals surface area contributed by atoms with Crippen molar-refractivity contribution < 1.29 is 39.5 Å². The molecule has 0 fully saturated rings. The van der Waals surface area contributed by atoms with Crippen LogP contribution in [0.2, 0.25) is 0 Å². The lowest BCUT2D eigenvalue weighted by Crippen LogP contribution is -2.60. The molecule has 20 heavy (non-hydrogen) atoms. The first-order valence-electron chi connectivity index (χ1n) is 5.69. The van der Waals surface area contributed by atoms with Gasteiger partial charge in [0.1, 0.15) is 0 Å². The third-order valence-corrected chi connectivity index (χ3v) is 2.47. The Morgan fingerprint density at radius 2 is 1.25 bits per heavy atom. The molecule has 0 saturated carbocycles. The van der Waals surface area contributed by atoms with Crippen molar-refractivity contribution in [1.82, 2.24) is 0 Å². The number of hydrogen-bond acceptors (Lipinski definition) is 0. The fourth-order valence-electron chi connectivity index (χ4n) is 1.24. The summed E-state index contributed by atoms with van der Waals surface area (Å²) < 4.78 is 112. The van der Waals surface area contributed by atoms with Gasteiger partial charge in [0.2, 0.25) is 0 Å². The Kier molecular flexibility index (Phi) is 5.98. The van der Waals surface area contributed by atoms with E-state index in [-0.39, 0.29) is 6.42 Å². The summed E-state index contributed by atoms with van der Waals surface area (Å²) in [5.41, 5.74) is 0. The molecular weight excluding hydrogens is 303 g/mol. The molecule has 120 valence electrons. The molecule has 0 aliphatic heterocycles. The molecule has 0 aromatic heterocycles. The highest BCUT2D eigenvalue weighted by atomic mass is 19.4. The fourth-order valence-corrected chi connectivity index (χ4v) is 1.24. The molecule has 0 saturated heterocycles. The number of allylic oxidation sites excluding steroid dienone is 2. The van der Waals surface area contributed by atoms with Gasteiger partial charge in [0.05, 0.1) is 0 Å². The molecule has 0 amide bonds. The SMILES string of the molecule is CCCCC/C=C/C(F)(F)C(F)(F)C(F)(F)C(F)(F)F. The van der Waals surface area contributed by atoms with Crippen molar-refractivity contribution in [2.75, 3.05) is 0 Å². The van der Waals surface area contributed by atoms with Crippen LogP contribution >= 0.6 is 0 Å². The summed E-state index contributed by atoms with van der Waals surface area (Å²) in [6.45, 7) is 1.77. The third-order valence-electron chi connectivity index (χ3n) is 2.47. The van der Waals surface area contributed by atoms with E-state index >= 15 is 0 Å². The van der Waals surface area contributed by atoms with E-state index in [4.69, 9.17) is 0 Å². The molecule has 0 nitrogen and oxygen atoms in total. The predicted octanol–water partition coefficient (Wildman–Crippen LogP) is 5.59. The highest BCUT2D eigenvalue weighted by molar-refractivity contribution is 5.10. The Hall–Kier alpha value is -0.890. The van der Waals surface area contributed by atoms with Gasteiger partial charge in [-0.1, -0.05) is 25.8 Å². The van der Waals surface area contributed by atoms with Crippen molar-refractivity contribution in [3.05, 3.63) is 12.2 Å². The molecular formula is C11H13F9. The lowest BCUT2D eigenvalue weighted by molar-refractivity contribution is -0.388. The molecule has 0 aromatic rings. The van der Waals surface area contributed by atoms with Crippen LogP contribution in [0.1, 0.15) is 32.6 Å². The van der Waals surface area contributed by atoms with E-state index in [1.165, 1.54) is 0 Å². The molecule has 0 bridgehead atoms. The largest absolute Gasteiger partial charge is 0.460 e. The van der Waals surface area contributed by atoms with Gasteiger partial charge >= 0.3 is 23.9 Å². The van der Waals surface area contributed by atoms with E-state index < -0.39 is 30.0 Å². The highest BCUT2D eigenvalue weighted by Gasteiger charge is 2.81. The topological polar surface area (TPSA) is 0 Å². The van der Waals surface area contributed by atoms with E-state index in [2.05, 4.69) is 0 Å². The number of unbranched alkanes of at least 4 members (excludes halogenated alkanes) is 3. The van der Waals surface area contributed by atoms with E-state index in [9.17, 15) is 39.5 Å². The minimum Gasteiger partial charge on any atom is -0.195 e. The highest BCUT2D eigenvalue weighted by Crippen LogP contribution is 2.53. The fraction of sp³-hybridized carbons (Fsp3) is 0.818. The van der Waals surface area contributed by atoms with Crippen LogP contribution in [-0.2, 0) is 0 Å². The Morgan fingerprint density at radius 3 is 1.65 bits per heavy atom. The lowest BCUT2D eigenvalue weighted by Gasteiger charge is -2.32. The zero-order chi connectivity index (χ0) is 16.2. The van der Waals surface area contributed by atoms with E-state index in [0.29, 0.717) is 25.3 Å². The van der Waals surface area contributed by atoms with Crippen molar-refractivity contribution in [1.29, 1.82) is 0 Å². The average Bonchev–Trinajstić information content (AvgIpc) is 2.26. The second-order valence-corrected chi connectivity index (χ2v) is 4.17. The Bertz CT molecular complexity index is 327. The van der Waals surface area contributed by atoms with Crippen LogP contribution in [-0.4, -0.2) is 23.9 Å². The molecule has 0 aliphatic carbocycles. The Morgan fingerprint density at radius 1 is 0.750 bits per heavy atom. The maximum Gasteiger partial charge on any atom is 0.460 e. The maximum atomic E-state index is 12.9. The van der Waals surface area contributed by atoms with Crippen LogP contribution in [0.3, 0.4) is 0 Å². The molecule has 0 N–H and O–H groups in total. The second kappa shape index (κ2) is 6.26. The molecule has 0 heterocycles. The smallest absolute Gasteiger partial charge is 0.195 e. The van der Waals surface area contributed by atoms with Gasteiger partial charge in [-0.25, -0.2) is 0 Å². The van der Waals surface area contributed by atoms with Crippen molar-refractivity contribution in [3.8, 4) is 0 Å². The maximum absolute atomic E-state index is 12.9. The Labute approximate surface area is 109 Å². The summed E-state index contributed by atoms with van der Waals surface area (Å²) in [5.74, 6) is -19.0. The first-order chi connectivity index (χ1) is 8.81. The van der Waals surface area contributed by atoms with Crippen molar-refractivity contribution in [2.24, 2.45) is 0 Å². The summed E-state index contributed by atoms with van der Waals surface area (Å²) in [7, 11) is 0. The third kappa shape index (κ3) is 3.82. The lowest BCUT2D eigenvalue weighted by atomic mass is 10.0. The summed E-state index contributed by atoms with van der Waals surface area (Å²) in [6, 6.07) is 0. The van der Waals surface area contributed by atoms with Crippen molar-refractivity contribution >= 4 is 0 Å². The number of hydrogen-bond donors (Lipinski definition) is 0. The molecule has 9 heteroatoms. The van der Waals surface area contributed by atoms with Gasteiger partial charge in [-0.15, -0.1) is 0 Å². The number of alkyl halides is 9. The van der Waals surface area contributed by atoms with Crippen LogP contribution in [0.4, 0.5) is 39.5 Å². The molecule has 0 rings (SSSR count). The minimum absolute atomic E-state index is 0.114. The monoisotopic (exact) mass is 316 g/mol. The van der Waals surface area contributed by atoms with E-state index in [0.717, 1.165) is 0 Å². The minimum atomic E-state index is -6.82. The standard InChI is InChI=1S/C11H13F9/c1-2-3-4-5-6-7-8(12,13)9(14,15)10(16,17)11(18,19)20/h6-7H,2-5H2,1H3/b7-6+. The number of rotatable bonds is 7. The van der Waals surface area contributed by atoms with Crippen LogP contribution < -0.4 is 0 Å². The molecule has 0 spiro atoms. The van der Waals surface area contributed by atoms with Crippen LogP contribution in [0, 0.1) is 0 Å². The van der Waals surface area contributed by atoms with Gasteiger partial charge in [0, 0.05) is 0 Å². The Balaban J connectivity index is 5.07. The van der Waals surface area contributed by atoms with E-state index in [1.54, 1.807) is 6.92 Å². The van der Waals surface area contributed by atoms with Gasteiger partial charge in [-0.3, -0.25) is 0 Å². The quantitative estimate of drug-likeness (QED) is 0.326. The van der Waals surface area contributed by atoms with Gasteiger partial charge in [0.15, 0.2) is 0 Å².